The summed E-state index contributed by atoms with van der Waals surface area (Å²) in [4.78, 5) is 48.5. The lowest BCUT2D eigenvalue weighted by Crippen LogP contribution is -2.41. The number of amides is 2. The number of hydroxylamine groups is 2. The first-order valence-electron chi connectivity index (χ1n) is 10.4. The van der Waals surface area contributed by atoms with Gasteiger partial charge in [-0.15, -0.1) is 9.35 Å². The number of nitrogens with zero attached hydrogens (tertiary/aromatic N) is 1. The van der Waals surface area contributed by atoms with Crippen molar-refractivity contribution < 1.29 is 41.7 Å². The monoisotopic (exact) mass is 497 g/mol. The van der Waals surface area contributed by atoms with E-state index in [-0.39, 0.29) is 21.9 Å². The van der Waals surface area contributed by atoms with Gasteiger partial charge in [0.25, 0.3) is 11.8 Å². The highest BCUT2D eigenvalue weighted by atomic mass is 32.2. The molecule has 0 fully saturated rings. The molecule has 1 aliphatic heterocycles. The molecule has 1 aliphatic rings. The van der Waals surface area contributed by atoms with Crippen LogP contribution in [0.1, 0.15) is 34.6 Å². The van der Waals surface area contributed by atoms with Crippen molar-refractivity contribution in [3.05, 3.63) is 71.8 Å². The number of carbonyl (C=O) groups is 4. The minimum absolute atomic E-state index is 0.0240. The number of rotatable bonds is 7. The molecule has 2 amide bonds. The second-order valence-electron chi connectivity index (χ2n) is 7.95. The Hall–Kier alpha value is -4.09. The highest BCUT2D eigenvalue weighted by Gasteiger charge is 2.37. The molecule has 3 aromatic rings. The minimum Gasteiger partial charge on any atom is -0.481 e. The highest BCUT2D eigenvalue weighted by Crippen LogP contribution is 2.31. The zero-order valence-corrected chi connectivity index (χ0v) is 19.3. The van der Waals surface area contributed by atoms with E-state index in [0.717, 1.165) is 12.1 Å². The van der Waals surface area contributed by atoms with Crippen LogP contribution < -0.4 is 4.74 Å². The number of aliphatic carboxylic acids is 1. The van der Waals surface area contributed by atoms with Crippen LogP contribution in [-0.2, 0) is 24.0 Å². The third kappa shape index (κ3) is 4.38. The fraction of sp³-hybridized carbons (Fsp3) is 0.167. The highest BCUT2D eigenvalue weighted by molar-refractivity contribution is 7.86. The van der Waals surface area contributed by atoms with E-state index < -0.39 is 50.6 Å². The molecule has 0 aliphatic carbocycles. The summed E-state index contributed by atoms with van der Waals surface area (Å²) in [7, 11) is -4.62. The Morgan fingerprint density at radius 1 is 0.857 bits per heavy atom. The van der Waals surface area contributed by atoms with E-state index in [0.29, 0.717) is 10.8 Å². The van der Waals surface area contributed by atoms with Crippen LogP contribution >= 0.6 is 0 Å². The molecule has 10 nitrogen and oxygen atoms in total. The largest absolute Gasteiger partial charge is 0.481 e. The molecule has 2 unspecified atom stereocenters. The first-order chi connectivity index (χ1) is 16.5. The molecule has 3 aromatic carbocycles. The lowest BCUT2D eigenvalue weighted by atomic mass is 9.95. The molecule has 1 heterocycles. The van der Waals surface area contributed by atoms with E-state index in [9.17, 15) is 27.6 Å². The van der Waals surface area contributed by atoms with Crippen molar-refractivity contribution in [1.29, 1.82) is 0 Å². The van der Waals surface area contributed by atoms with Gasteiger partial charge in [0, 0.05) is 5.39 Å². The second-order valence-corrected chi connectivity index (χ2v) is 9.48. The van der Waals surface area contributed by atoms with Gasteiger partial charge in [-0.2, -0.15) is 8.42 Å². The van der Waals surface area contributed by atoms with Gasteiger partial charge in [0.1, 0.15) is 5.75 Å². The molecule has 0 spiro atoms. The maximum absolute atomic E-state index is 12.9. The normalized spacial score (nSPS) is 15.1. The van der Waals surface area contributed by atoms with Crippen molar-refractivity contribution in [1.82, 2.24) is 5.06 Å². The summed E-state index contributed by atoms with van der Waals surface area (Å²) in [6.45, 7) is 2.77. The number of hydrogen-bond acceptors (Lipinski definition) is 8. The van der Waals surface area contributed by atoms with Crippen LogP contribution in [0.25, 0.3) is 10.8 Å². The van der Waals surface area contributed by atoms with Crippen molar-refractivity contribution in [2.45, 2.75) is 18.7 Å². The van der Waals surface area contributed by atoms with Gasteiger partial charge in [-0.1, -0.05) is 38.1 Å². The fourth-order valence-corrected chi connectivity index (χ4v) is 4.41. The van der Waals surface area contributed by atoms with Crippen molar-refractivity contribution in [3.63, 3.8) is 0 Å². The van der Waals surface area contributed by atoms with Crippen LogP contribution in [-0.4, -0.2) is 42.3 Å². The van der Waals surface area contributed by atoms with Gasteiger partial charge < -0.3 is 9.84 Å². The second kappa shape index (κ2) is 8.93. The molecule has 0 saturated carbocycles. The summed E-state index contributed by atoms with van der Waals surface area (Å²) < 4.78 is 35.7. The third-order valence-corrected chi connectivity index (χ3v) is 6.94. The van der Waals surface area contributed by atoms with E-state index in [1.165, 1.54) is 38.1 Å². The molecule has 2 atom stereocenters. The Bertz CT molecular complexity index is 1430. The average molecular weight is 497 g/mol. The molecule has 0 aromatic heterocycles. The summed E-state index contributed by atoms with van der Waals surface area (Å²) in [5.41, 5.74) is 0.250. The zero-order chi connectivity index (χ0) is 25.5. The third-order valence-electron chi connectivity index (χ3n) is 5.75. The first kappa shape index (κ1) is 24.0. The van der Waals surface area contributed by atoms with Gasteiger partial charge in [-0.25, -0.2) is 0 Å². The predicted octanol–water partition coefficient (Wildman–Crippen LogP) is 3.02. The molecule has 4 rings (SSSR count). The number of carbonyl (C=O) groups excluding carboxylic acids is 3. The summed E-state index contributed by atoms with van der Waals surface area (Å²) in [5.74, 6) is -5.75. The number of hydrogen-bond donors (Lipinski definition) is 1. The van der Waals surface area contributed by atoms with Crippen LogP contribution in [0.2, 0.25) is 0 Å². The standard InChI is InChI=1S/C24H19NO9S/c1-13(23(28)29)14(2)24(30)33-16-9-11-17(12-10-16)35(31,32)34-25-21(26)18-7-3-5-15-6-4-8-19(20(15)18)22(25)27/h3-14H,1-2H3,(H,28,29). The summed E-state index contributed by atoms with van der Waals surface area (Å²) in [6, 6.07) is 14.1. The van der Waals surface area contributed by atoms with Crippen LogP contribution in [0.3, 0.4) is 0 Å². The summed E-state index contributed by atoms with van der Waals surface area (Å²) in [6.07, 6.45) is 0. The summed E-state index contributed by atoms with van der Waals surface area (Å²) in [5, 5.41) is 10.3. The van der Waals surface area contributed by atoms with Crippen LogP contribution in [0.4, 0.5) is 0 Å². The minimum atomic E-state index is -4.62. The zero-order valence-electron chi connectivity index (χ0n) is 18.5. The number of carboxylic acid groups (broad SMARTS) is 1. The topological polar surface area (TPSA) is 144 Å². The number of ether oxygens (including phenoxy) is 1. The van der Waals surface area contributed by atoms with E-state index in [1.807, 2.05) is 0 Å². The van der Waals surface area contributed by atoms with Crippen molar-refractivity contribution in [2.75, 3.05) is 0 Å². The number of imide groups is 1. The van der Waals surface area contributed by atoms with Gasteiger partial charge in [0.2, 0.25) is 0 Å². The van der Waals surface area contributed by atoms with E-state index in [1.54, 1.807) is 24.3 Å². The Morgan fingerprint density at radius 2 is 1.40 bits per heavy atom. The van der Waals surface area contributed by atoms with Crippen LogP contribution in [0.5, 0.6) is 5.75 Å². The van der Waals surface area contributed by atoms with Crippen LogP contribution in [0.15, 0.2) is 65.6 Å². The van der Waals surface area contributed by atoms with E-state index >= 15 is 0 Å². The Labute approximate surface area is 199 Å². The average Bonchev–Trinajstić information content (AvgIpc) is 2.84. The number of carboxylic acids is 1. The van der Waals surface area contributed by atoms with Gasteiger partial charge in [0.05, 0.1) is 27.9 Å². The fourth-order valence-electron chi connectivity index (χ4n) is 3.52. The van der Waals surface area contributed by atoms with Gasteiger partial charge in [-0.05, 0) is 41.8 Å². The Balaban J connectivity index is 1.54. The maximum Gasteiger partial charge on any atom is 0.318 e. The van der Waals surface area contributed by atoms with E-state index in [4.69, 9.17) is 14.1 Å². The number of benzene rings is 3. The SMILES string of the molecule is CC(C(=O)O)C(C)C(=O)Oc1ccc(S(=O)(=O)ON2C(=O)c3cccc4cccc(c34)C2=O)cc1. The molecule has 0 bridgehead atoms. The molecule has 11 heteroatoms. The molecule has 0 saturated heterocycles. The lowest BCUT2D eigenvalue weighted by Gasteiger charge is -2.25. The van der Waals surface area contributed by atoms with Crippen LogP contribution in [0, 0.1) is 11.8 Å². The lowest BCUT2D eigenvalue weighted by molar-refractivity contribution is -0.150. The smallest absolute Gasteiger partial charge is 0.318 e. The quantitative estimate of drug-likeness (QED) is 0.296. The molecule has 35 heavy (non-hydrogen) atoms. The van der Waals surface area contributed by atoms with Crippen molar-refractivity contribution >= 4 is 44.6 Å². The van der Waals surface area contributed by atoms with Gasteiger partial charge in [-0.3, -0.25) is 19.2 Å². The van der Waals surface area contributed by atoms with Gasteiger partial charge in [0.15, 0.2) is 0 Å². The molecule has 180 valence electrons. The Kier molecular flexibility index (Phi) is 6.14. The summed E-state index contributed by atoms with van der Waals surface area (Å²) >= 11 is 0. The first-order valence-corrected chi connectivity index (χ1v) is 11.8. The van der Waals surface area contributed by atoms with Crippen molar-refractivity contribution in [2.24, 2.45) is 11.8 Å². The molecular formula is C24H19NO9S. The van der Waals surface area contributed by atoms with Crippen molar-refractivity contribution in [3.8, 4) is 5.75 Å². The van der Waals surface area contributed by atoms with Gasteiger partial charge >= 0.3 is 22.1 Å². The molecule has 1 N–H and O–H groups in total. The molecular weight excluding hydrogens is 478 g/mol. The van der Waals surface area contributed by atoms with E-state index in [2.05, 4.69) is 0 Å². The molecule has 0 radical (unpaired) electrons. The predicted molar refractivity (Wildman–Crippen MR) is 121 cm³/mol. The Morgan fingerprint density at radius 3 is 1.91 bits per heavy atom. The number of esters is 1. The maximum atomic E-state index is 12.9.